The molecule has 3 aliphatic rings. The maximum absolute atomic E-state index is 14.8. The van der Waals surface area contributed by atoms with Crippen LogP contribution in [0.4, 0.5) is 4.79 Å². The summed E-state index contributed by atoms with van der Waals surface area (Å²) >= 11 is 14.0. The quantitative estimate of drug-likeness (QED) is 0.238. The number of morpholine rings is 1. The lowest BCUT2D eigenvalue weighted by Crippen LogP contribution is -2.56. The predicted molar refractivity (Wildman–Crippen MR) is 183 cm³/mol. The first-order chi connectivity index (χ1) is 22.9. The van der Waals surface area contributed by atoms with Crippen molar-refractivity contribution in [1.29, 1.82) is 0 Å². The van der Waals surface area contributed by atoms with Crippen molar-refractivity contribution < 1.29 is 19.1 Å². The molecule has 248 valence electrons. The molecule has 0 spiro atoms. The Morgan fingerprint density at radius 3 is 2.17 bits per heavy atom. The number of piperazine rings is 1. The van der Waals surface area contributed by atoms with Crippen LogP contribution in [-0.4, -0.2) is 119 Å². The lowest BCUT2D eigenvalue weighted by molar-refractivity contribution is -0.136. The third kappa shape index (κ3) is 7.52. The molecule has 3 aromatic rings. The monoisotopic (exact) mass is 697 g/mol. The molecule has 14 heteroatoms. The molecular formula is C33H37Cl2N7O4S. The third-order valence-electron chi connectivity index (χ3n) is 8.50. The SMILES string of the molecule is CCOc1nc(SC)ncc1C1=NC(c2ccc(Cl)cc2)C(c2ccc(Cl)cc2)N1C(=O)N1CCN(CC(=O)N2CCOCC2)CC1. The minimum atomic E-state index is -0.508. The van der Waals surface area contributed by atoms with E-state index in [4.69, 9.17) is 37.7 Å². The number of urea groups is 1. The van der Waals surface area contributed by atoms with Gasteiger partial charge in [-0.05, 0) is 48.6 Å². The van der Waals surface area contributed by atoms with Crippen LogP contribution in [0.15, 0.2) is 64.9 Å². The highest BCUT2D eigenvalue weighted by Gasteiger charge is 2.45. The fourth-order valence-corrected chi connectivity index (χ4v) is 6.64. The Morgan fingerprint density at radius 2 is 1.55 bits per heavy atom. The van der Waals surface area contributed by atoms with Gasteiger partial charge in [0, 0.05) is 55.5 Å². The molecular weight excluding hydrogens is 661 g/mol. The van der Waals surface area contributed by atoms with Gasteiger partial charge >= 0.3 is 6.03 Å². The lowest BCUT2D eigenvalue weighted by atomic mass is 9.94. The number of benzene rings is 2. The molecule has 0 N–H and O–H groups in total. The van der Waals surface area contributed by atoms with Gasteiger partial charge in [-0.15, -0.1) is 0 Å². The van der Waals surface area contributed by atoms with E-state index < -0.39 is 12.1 Å². The van der Waals surface area contributed by atoms with Crippen LogP contribution in [0.1, 0.15) is 35.7 Å². The van der Waals surface area contributed by atoms with Gasteiger partial charge in [0.25, 0.3) is 0 Å². The molecule has 47 heavy (non-hydrogen) atoms. The zero-order chi connectivity index (χ0) is 32.9. The van der Waals surface area contributed by atoms with Gasteiger partial charge in [-0.3, -0.25) is 19.6 Å². The number of halogens is 2. The van der Waals surface area contributed by atoms with Gasteiger partial charge in [0.1, 0.15) is 11.9 Å². The maximum atomic E-state index is 14.8. The largest absolute Gasteiger partial charge is 0.477 e. The average Bonchev–Trinajstić information content (AvgIpc) is 3.49. The van der Waals surface area contributed by atoms with Gasteiger partial charge < -0.3 is 19.3 Å². The summed E-state index contributed by atoms with van der Waals surface area (Å²) in [4.78, 5) is 49.6. The van der Waals surface area contributed by atoms with Gasteiger partial charge in [0.2, 0.25) is 11.8 Å². The summed E-state index contributed by atoms with van der Waals surface area (Å²) in [6, 6.07) is 13.9. The third-order valence-corrected chi connectivity index (χ3v) is 9.56. The fraction of sp³-hybridized carbons (Fsp3) is 0.424. The van der Waals surface area contributed by atoms with Crippen molar-refractivity contribution in [3.8, 4) is 5.88 Å². The fourth-order valence-electron chi connectivity index (χ4n) is 6.06. The number of thioether (sulfide) groups is 1. The van der Waals surface area contributed by atoms with E-state index in [2.05, 4.69) is 14.9 Å². The van der Waals surface area contributed by atoms with Crippen molar-refractivity contribution in [3.05, 3.63) is 81.5 Å². The van der Waals surface area contributed by atoms with Crippen LogP contribution in [0.25, 0.3) is 0 Å². The number of nitrogens with zero attached hydrogens (tertiary/aromatic N) is 7. The lowest BCUT2D eigenvalue weighted by Gasteiger charge is -2.39. The summed E-state index contributed by atoms with van der Waals surface area (Å²) < 4.78 is 11.4. The van der Waals surface area contributed by atoms with Gasteiger partial charge in [-0.1, -0.05) is 59.2 Å². The van der Waals surface area contributed by atoms with Crippen LogP contribution in [0.3, 0.4) is 0 Å². The molecule has 0 radical (unpaired) electrons. The first-order valence-corrected chi connectivity index (χ1v) is 17.6. The molecule has 3 amide bonds. The van der Waals surface area contributed by atoms with E-state index in [1.165, 1.54) is 11.8 Å². The molecule has 2 aromatic carbocycles. The summed E-state index contributed by atoms with van der Waals surface area (Å²) in [5.74, 6) is 0.880. The molecule has 0 aliphatic carbocycles. The van der Waals surface area contributed by atoms with E-state index in [-0.39, 0.29) is 11.9 Å². The van der Waals surface area contributed by atoms with E-state index in [1.54, 1.807) is 11.1 Å². The highest BCUT2D eigenvalue weighted by molar-refractivity contribution is 7.98. The van der Waals surface area contributed by atoms with Crippen molar-refractivity contribution >= 4 is 52.7 Å². The maximum Gasteiger partial charge on any atom is 0.326 e. The highest BCUT2D eigenvalue weighted by atomic mass is 35.5. The molecule has 1 aromatic heterocycles. The topological polar surface area (TPSA) is 104 Å². The zero-order valence-electron chi connectivity index (χ0n) is 26.3. The van der Waals surface area contributed by atoms with Crippen molar-refractivity contribution in [2.24, 2.45) is 4.99 Å². The second kappa shape index (κ2) is 15.2. The first-order valence-electron chi connectivity index (χ1n) is 15.6. The number of carbonyl (C=O) groups is 2. The van der Waals surface area contributed by atoms with Crippen LogP contribution in [-0.2, 0) is 9.53 Å². The van der Waals surface area contributed by atoms with Crippen molar-refractivity contribution in [2.75, 3.05) is 71.9 Å². The van der Waals surface area contributed by atoms with Crippen LogP contribution in [0, 0.1) is 0 Å². The van der Waals surface area contributed by atoms with Crippen LogP contribution in [0.2, 0.25) is 10.0 Å². The molecule has 2 saturated heterocycles. The van der Waals surface area contributed by atoms with E-state index in [1.807, 2.05) is 71.5 Å². The van der Waals surface area contributed by atoms with Crippen LogP contribution < -0.4 is 4.74 Å². The van der Waals surface area contributed by atoms with E-state index >= 15 is 0 Å². The molecule has 2 unspecified atom stereocenters. The Morgan fingerprint density at radius 1 is 0.915 bits per heavy atom. The molecule has 11 nitrogen and oxygen atoms in total. The number of carbonyl (C=O) groups excluding carboxylic acids is 2. The van der Waals surface area contributed by atoms with E-state index in [0.717, 1.165) is 11.1 Å². The van der Waals surface area contributed by atoms with Crippen molar-refractivity contribution in [2.45, 2.75) is 24.2 Å². The standard InChI is InChI=1S/C33H37Cl2N7O4S/c1-3-46-31-26(20-36-32(38-31)47-2)30-37-28(22-4-8-24(34)9-5-22)29(23-6-10-25(35)11-7-23)42(30)33(44)41-14-12-39(13-15-41)21-27(43)40-16-18-45-19-17-40/h4-11,20,28-29H,3,12-19,21H2,1-2H3. The Balaban J connectivity index is 1.34. The average molecular weight is 699 g/mol. The van der Waals surface area contributed by atoms with E-state index in [0.29, 0.717) is 98.1 Å². The normalized spacial score (nSPS) is 20.3. The summed E-state index contributed by atoms with van der Waals surface area (Å²) in [5, 5.41) is 1.76. The Hall–Kier alpha value is -3.42. The smallest absolute Gasteiger partial charge is 0.326 e. The first kappa shape index (κ1) is 33.5. The highest BCUT2D eigenvalue weighted by Crippen LogP contribution is 2.45. The van der Waals surface area contributed by atoms with Gasteiger partial charge in [0.15, 0.2) is 5.16 Å². The van der Waals surface area contributed by atoms with E-state index in [9.17, 15) is 9.59 Å². The number of aliphatic imine (C=N–C) groups is 1. The molecule has 3 aliphatic heterocycles. The summed E-state index contributed by atoms with van der Waals surface area (Å²) in [5.41, 5.74) is 2.30. The predicted octanol–water partition coefficient (Wildman–Crippen LogP) is 5.05. The number of hydrogen-bond acceptors (Lipinski definition) is 9. The Kier molecular flexibility index (Phi) is 10.8. The number of amidine groups is 1. The Labute approximate surface area is 288 Å². The molecule has 0 bridgehead atoms. The molecule has 2 atom stereocenters. The summed E-state index contributed by atoms with van der Waals surface area (Å²) in [6.07, 6.45) is 3.58. The minimum absolute atomic E-state index is 0.0905. The second-order valence-corrected chi connectivity index (χ2v) is 13.0. The number of ether oxygens (including phenoxy) is 2. The molecule has 4 heterocycles. The Bertz CT molecular complexity index is 1600. The van der Waals surface area contributed by atoms with Crippen molar-refractivity contribution in [3.63, 3.8) is 0 Å². The number of hydrogen-bond donors (Lipinski definition) is 0. The minimum Gasteiger partial charge on any atom is -0.477 e. The second-order valence-electron chi connectivity index (χ2n) is 11.4. The van der Waals surface area contributed by atoms with Crippen LogP contribution >= 0.6 is 35.0 Å². The number of amides is 3. The van der Waals surface area contributed by atoms with Gasteiger partial charge in [0.05, 0.1) is 38.0 Å². The summed E-state index contributed by atoms with van der Waals surface area (Å²) in [6.45, 7) is 7.00. The van der Waals surface area contributed by atoms with Crippen LogP contribution in [0.5, 0.6) is 5.88 Å². The summed E-state index contributed by atoms with van der Waals surface area (Å²) in [7, 11) is 0. The van der Waals surface area contributed by atoms with Gasteiger partial charge in [-0.2, -0.15) is 4.98 Å². The zero-order valence-corrected chi connectivity index (χ0v) is 28.7. The molecule has 6 rings (SSSR count). The molecule has 2 fully saturated rings. The number of rotatable bonds is 8. The molecule has 0 saturated carbocycles. The van der Waals surface area contributed by atoms with Gasteiger partial charge in [-0.25, -0.2) is 9.78 Å². The number of aromatic nitrogens is 2. The van der Waals surface area contributed by atoms with Crippen molar-refractivity contribution in [1.82, 2.24) is 29.6 Å².